The SMILES string of the molecule is CC(C)[C@H](NC(=O)[C@H](CCC(=O)O)NC(=O)[C@H](CCC(=O)O)NC(=O)[C@@H](NC(=O)[C@H](CCC(=O)O)NC(=O)[C@H](CC(=O)O)NC(=O)[C@H](CC(=O)O)NC(=O)[C@@H](N)CCC(=O)O)[C@@H](C)c1ccc(O)cc1)C(=O)O. The number of aliphatic carboxylic acids is 7. The minimum atomic E-state index is -2.20. The fourth-order valence-electron chi connectivity index (χ4n) is 6.55. The van der Waals surface area contributed by atoms with Crippen molar-refractivity contribution in [1.29, 1.82) is 0 Å². The highest BCUT2D eigenvalue weighted by Crippen LogP contribution is 2.23. The van der Waals surface area contributed by atoms with Crippen molar-refractivity contribution in [3.05, 3.63) is 29.8 Å². The Hall–Kier alpha value is -8.44. The molecule has 0 saturated carbocycles. The van der Waals surface area contributed by atoms with Crippen LogP contribution < -0.4 is 43.0 Å². The summed E-state index contributed by atoms with van der Waals surface area (Å²) in [5.74, 6) is -22.3. The van der Waals surface area contributed by atoms with Crippen molar-refractivity contribution in [3.8, 4) is 5.75 Å². The Kier molecular flexibility index (Phi) is 26.0. The van der Waals surface area contributed by atoms with Crippen molar-refractivity contribution in [2.75, 3.05) is 0 Å². The van der Waals surface area contributed by atoms with E-state index in [4.69, 9.17) is 10.8 Å². The van der Waals surface area contributed by atoms with Gasteiger partial charge in [-0.15, -0.1) is 0 Å². The number of phenols is 1. The van der Waals surface area contributed by atoms with Crippen molar-refractivity contribution in [3.63, 3.8) is 0 Å². The fraction of sp³-hybridized carbons (Fsp3) is 0.535. The van der Waals surface area contributed by atoms with Gasteiger partial charge in [-0.25, -0.2) is 4.79 Å². The second-order valence-electron chi connectivity index (χ2n) is 16.8. The molecule has 0 saturated heterocycles. The highest BCUT2D eigenvalue weighted by atomic mass is 16.4. The van der Waals surface area contributed by atoms with Gasteiger partial charge in [0.2, 0.25) is 41.4 Å². The van der Waals surface area contributed by atoms with Crippen LogP contribution in [0.4, 0.5) is 0 Å². The molecule has 0 aliphatic heterocycles. The van der Waals surface area contributed by atoms with Gasteiger partial charge in [-0.05, 0) is 49.3 Å². The Balaban J connectivity index is 3.74. The van der Waals surface area contributed by atoms with Gasteiger partial charge in [-0.3, -0.25) is 62.3 Å². The van der Waals surface area contributed by atoms with Gasteiger partial charge in [0.05, 0.1) is 18.9 Å². The Labute approximate surface area is 414 Å². The van der Waals surface area contributed by atoms with Crippen LogP contribution in [-0.4, -0.2) is 172 Å². The molecular weight excluding hydrogens is 981 g/mol. The van der Waals surface area contributed by atoms with E-state index in [0.717, 1.165) is 0 Å². The van der Waals surface area contributed by atoms with E-state index < -0.39 is 208 Å². The van der Waals surface area contributed by atoms with E-state index in [0.29, 0.717) is 0 Å². The molecule has 0 bridgehead atoms. The zero-order chi connectivity index (χ0) is 55.9. The monoisotopic (exact) mass is 1040 g/mol. The number of rotatable bonds is 34. The molecule has 1 rings (SSSR count). The molecule has 30 nitrogen and oxygen atoms in total. The van der Waals surface area contributed by atoms with Crippen LogP contribution in [0.5, 0.6) is 5.75 Å². The first-order valence-corrected chi connectivity index (χ1v) is 22.1. The predicted octanol–water partition coefficient (Wildman–Crippen LogP) is -3.63. The fourth-order valence-corrected chi connectivity index (χ4v) is 6.55. The molecule has 0 radical (unpaired) electrons. The molecule has 7 amide bonds. The number of aromatic hydroxyl groups is 1. The Morgan fingerprint density at radius 2 is 0.726 bits per heavy atom. The number of amides is 7. The zero-order valence-corrected chi connectivity index (χ0v) is 39.5. The van der Waals surface area contributed by atoms with Crippen molar-refractivity contribution in [1.82, 2.24) is 37.2 Å². The van der Waals surface area contributed by atoms with Gasteiger partial charge in [-0.2, -0.15) is 0 Å². The summed E-state index contributed by atoms with van der Waals surface area (Å²) in [5, 5.41) is 90.6. The zero-order valence-electron chi connectivity index (χ0n) is 39.5. The van der Waals surface area contributed by atoms with Gasteiger partial charge < -0.3 is 83.8 Å². The molecule has 0 spiro atoms. The van der Waals surface area contributed by atoms with Gasteiger partial charge in [0.15, 0.2) is 0 Å². The van der Waals surface area contributed by atoms with Crippen LogP contribution in [-0.2, 0) is 67.1 Å². The van der Waals surface area contributed by atoms with Gasteiger partial charge in [-0.1, -0.05) is 32.9 Å². The number of carboxylic acids is 7. The van der Waals surface area contributed by atoms with Crippen LogP contribution in [0.3, 0.4) is 0 Å². The minimum Gasteiger partial charge on any atom is -0.508 e. The van der Waals surface area contributed by atoms with Crippen molar-refractivity contribution >= 4 is 83.1 Å². The van der Waals surface area contributed by atoms with E-state index in [1.165, 1.54) is 45.0 Å². The standard InChI is InChI=1S/C43H60N8O22/c1-18(2)34(43(72)73)50-38(67)24(10-14-30(57)58)45-37(66)23(9-13-29(55)56)47-42(71)35(19(3)20-4-6-21(52)7-5-20)51-39(68)25(11-15-31(59)60)46-40(69)27(17-33(63)64)49-41(70)26(16-32(61)62)48-36(65)22(44)8-12-28(53)54/h4-7,18-19,22-27,34-35,52H,8-17,44H2,1-3H3,(H,45,66)(H,46,69)(H,47,71)(H,48,65)(H,49,70)(H,50,67)(H,51,68)(H,53,54)(H,55,56)(H,57,58)(H,59,60)(H,61,62)(H,63,64)(H,72,73)/t19-,22-,23-,24-,25-,26-,27-,34-,35-/m0/s1. The first kappa shape index (κ1) is 62.6. The number of benzene rings is 1. The molecule has 1 aromatic carbocycles. The Bertz CT molecular complexity index is 2220. The van der Waals surface area contributed by atoms with Crippen molar-refractivity contribution in [2.24, 2.45) is 11.7 Å². The van der Waals surface area contributed by atoms with E-state index >= 15 is 0 Å². The third kappa shape index (κ3) is 23.4. The number of hydrogen-bond acceptors (Lipinski definition) is 16. The van der Waals surface area contributed by atoms with Gasteiger partial charge in [0, 0.05) is 31.6 Å². The van der Waals surface area contributed by atoms with Gasteiger partial charge >= 0.3 is 41.8 Å². The van der Waals surface area contributed by atoms with E-state index in [1.807, 2.05) is 10.6 Å². The summed E-state index contributed by atoms with van der Waals surface area (Å²) in [6.45, 7) is 4.21. The van der Waals surface area contributed by atoms with E-state index in [1.54, 1.807) is 0 Å². The molecule has 0 heterocycles. The minimum absolute atomic E-state index is 0.189. The van der Waals surface area contributed by atoms with Crippen LogP contribution in [0.15, 0.2) is 24.3 Å². The number of carbonyl (C=O) groups is 14. The van der Waals surface area contributed by atoms with Crippen molar-refractivity contribution < 1.29 is 108 Å². The largest absolute Gasteiger partial charge is 0.508 e. The lowest BCUT2D eigenvalue weighted by atomic mass is 9.91. The van der Waals surface area contributed by atoms with Crippen LogP contribution in [0.1, 0.15) is 96.5 Å². The van der Waals surface area contributed by atoms with E-state index in [9.17, 15) is 103 Å². The molecule has 0 aliphatic carbocycles. The highest BCUT2D eigenvalue weighted by Gasteiger charge is 2.38. The lowest BCUT2D eigenvalue weighted by molar-refractivity contribution is -0.144. The molecular formula is C43H60N8O22. The first-order chi connectivity index (χ1) is 33.9. The summed E-state index contributed by atoms with van der Waals surface area (Å²) in [7, 11) is 0. The summed E-state index contributed by atoms with van der Waals surface area (Å²) in [4.78, 5) is 176. The van der Waals surface area contributed by atoms with E-state index in [2.05, 4.69) is 26.6 Å². The summed E-state index contributed by atoms with van der Waals surface area (Å²) in [6, 6.07) is -10.0. The summed E-state index contributed by atoms with van der Waals surface area (Å²) in [5.41, 5.74) is 5.83. The molecule has 0 fully saturated rings. The highest BCUT2D eigenvalue weighted by molar-refractivity contribution is 5.99. The molecule has 73 heavy (non-hydrogen) atoms. The summed E-state index contributed by atoms with van der Waals surface area (Å²) < 4.78 is 0. The van der Waals surface area contributed by atoms with E-state index in [-0.39, 0.29) is 11.3 Å². The molecule has 0 unspecified atom stereocenters. The maximum atomic E-state index is 14.3. The average Bonchev–Trinajstić information content (AvgIpc) is 3.28. The number of nitrogens with two attached hydrogens (primary N) is 1. The van der Waals surface area contributed by atoms with Gasteiger partial charge in [0.1, 0.15) is 48.0 Å². The Morgan fingerprint density at radius 1 is 0.411 bits per heavy atom. The Morgan fingerprint density at radius 3 is 1.08 bits per heavy atom. The number of phenolic OH excluding ortho intramolecular Hbond substituents is 1. The second kappa shape index (κ2) is 30.3. The maximum absolute atomic E-state index is 14.3. The maximum Gasteiger partial charge on any atom is 0.326 e. The summed E-state index contributed by atoms with van der Waals surface area (Å²) >= 11 is 0. The van der Waals surface area contributed by atoms with Crippen LogP contribution in [0, 0.1) is 5.92 Å². The molecule has 0 aromatic heterocycles. The van der Waals surface area contributed by atoms with Crippen LogP contribution in [0.25, 0.3) is 0 Å². The molecule has 0 aliphatic rings. The van der Waals surface area contributed by atoms with Crippen LogP contribution >= 0.6 is 0 Å². The number of hydrogen-bond donors (Lipinski definition) is 16. The predicted molar refractivity (Wildman–Crippen MR) is 242 cm³/mol. The van der Waals surface area contributed by atoms with Gasteiger partial charge in [0.25, 0.3) is 0 Å². The molecule has 30 heteroatoms. The molecule has 9 atom stereocenters. The second-order valence-corrected chi connectivity index (χ2v) is 16.8. The molecule has 17 N–H and O–H groups in total. The lowest BCUT2D eigenvalue weighted by Crippen LogP contribution is -2.61. The molecule has 1 aromatic rings. The topological polar surface area (TPSA) is 511 Å². The lowest BCUT2D eigenvalue weighted by Gasteiger charge is -2.30. The smallest absolute Gasteiger partial charge is 0.326 e. The van der Waals surface area contributed by atoms with Crippen LogP contribution in [0.2, 0.25) is 0 Å². The quantitative estimate of drug-likeness (QED) is 0.0317. The third-order valence-electron chi connectivity index (χ3n) is 10.6. The first-order valence-electron chi connectivity index (χ1n) is 22.1. The summed E-state index contributed by atoms with van der Waals surface area (Å²) in [6.07, 6.45) is -8.16. The number of carbonyl (C=O) groups excluding carboxylic acids is 7. The third-order valence-corrected chi connectivity index (χ3v) is 10.6. The normalized spacial score (nSPS) is 14.6. The van der Waals surface area contributed by atoms with Crippen molar-refractivity contribution in [2.45, 2.75) is 139 Å². The number of nitrogens with one attached hydrogen (secondary N) is 7. The number of carboxylic acid groups (broad SMARTS) is 7. The molecule has 404 valence electrons. The average molecular weight is 1040 g/mol.